The SMILES string of the molecule is CCOCC[n+]1cn(Cc2ccc([N+](=O)[O-])cc2)c2cc(C)ccc21. The van der Waals surface area contributed by atoms with Gasteiger partial charge in [0.1, 0.15) is 13.1 Å². The summed E-state index contributed by atoms with van der Waals surface area (Å²) in [6.07, 6.45) is 2.09. The summed E-state index contributed by atoms with van der Waals surface area (Å²) in [5.74, 6) is 0. The highest BCUT2D eigenvalue weighted by molar-refractivity contribution is 5.72. The molecular formula is C19H22N3O3+. The van der Waals surface area contributed by atoms with Crippen molar-refractivity contribution in [2.45, 2.75) is 26.9 Å². The lowest BCUT2D eigenvalue weighted by Crippen LogP contribution is -2.34. The summed E-state index contributed by atoms with van der Waals surface area (Å²) in [7, 11) is 0. The predicted molar refractivity (Wildman–Crippen MR) is 95.6 cm³/mol. The van der Waals surface area contributed by atoms with Crippen molar-refractivity contribution in [1.82, 2.24) is 4.57 Å². The third-order valence-corrected chi connectivity index (χ3v) is 4.21. The van der Waals surface area contributed by atoms with Crippen LogP contribution in [-0.2, 0) is 17.8 Å². The molecule has 3 aromatic rings. The summed E-state index contributed by atoms with van der Waals surface area (Å²) >= 11 is 0. The number of nitro benzene ring substituents is 1. The summed E-state index contributed by atoms with van der Waals surface area (Å²) in [6.45, 7) is 6.91. The molecule has 0 radical (unpaired) electrons. The Labute approximate surface area is 146 Å². The van der Waals surface area contributed by atoms with Crippen LogP contribution < -0.4 is 4.57 Å². The molecule has 0 N–H and O–H groups in total. The van der Waals surface area contributed by atoms with E-state index in [0.717, 1.165) is 23.1 Å². The van der Waals surface area contributed by atoms with Gasteiger partial charge in [-0.2, -0.15) is 0 Å². The lowest BCUT2D eigenvalue weighted by atomic mass is 10.2. The van der Waals surface area contributed by atoms with Crippen molar-refractivity contribution >= 4 is 16.7 Å². The van der Waals surface area contributed by atoms with E-state index in [1.807, 2.05) is 19.1 Å². The highest BCUT2D eigenvalue weighted by atomic mass is 16.6. The first-order valence-corrected chi connectivity index (χ1v) is 8.38. The van der Waals surface area contributed by atoms with Crippen molar-refractivity contribution in [3.8, 4) is 0 Å². The Morgan fingerprint density at radius 3 is 2.64 bits per heavy atom. The van der Waals surface area contributed by atoms with Crippen LogP contribution in [0, 0.1) is 17.0 Å². The highest BCUT2D eigenvalue weighted by Crippen LogP contribution is 2.17. The zero-order chi connectivity index (χ0) is 17.8. The lowest BCUT2D eigenvalue weighted by Gasteiger charge is -1.99. The minimum atomic E-state index is -0.375. The number of aromatic nitrogens is 2. The number of ether oxygens (including phenoxy) is 1. The number of non-ortho nitro benzene ring substituents is 1. The largest absolute Gasteiger partial charge is 0.378 e. The van der Waals surface area contributed by atoms with Gasteiger partial charge in [-0.3, -0.25) is 10.1 Å². The number of aryl methyl sites for hydroxylation is 1. The number of hydrogen-bond acceptors (Lipinski definition) is 3. The number of fused-ring (bicyclic) bond motifs is 1. The van der Waals surface area contributed by atoms with Crippen LogP contribution in [0.3, 0.4) is 0 Å². The van der Waals surface area contributed by atoms with Crippen molar-refractivity contribution in [1.29, 1.82) is 0 Å². The van der Waals surface area contributed by atoms with Crippen LogP contribution >= 0.6 is 0 Å². The molecule has 3 rings (SSSR count). The molecule has 25 heavy (non-hydrogen) atoms. The Morgan fingerprint density at radius 1 is 1.20 bits per heavy atom. The van der Waals surface area contributed by atoms with E-state index in [0.29, 0.717) is 19.8 Å². The van der Waals surface area contributed by atoms with E-state index < -0.39 is 0 Å². The van der Waals surface area contributed by atoms with Gasteiger partial charge < -0.3 is 4.74 Å². The van der Waals surface area contributed by atoms with Crippen molar-refractivity contribution in [3.05, 3.63) is 70.0 Å². The molecule has 0 aliphatic rings. The highest BCUT2D eigenvalue weighted by Gasteiger charge is 2.16. The molecule has 0 aliphatic heterocycles. The molecule has 1 aromatic heterocycles. The summed E-state index contributed by atoms with van der Waals surface area (Å²) < 4.78 is 9.85. The van der Waals surface area contributed by atoms with Gasteiger partial charge in [0.25, 0.3) is 5.69 Å². The first-order valence-electron chi connectivity index (χ1n) is 8.38. The number of imidazole rings is 1. The zero-order valence-electron chi connectivity index (χ0n) is 14.5. The quantitative estimate of drug-likeness (QED) is 0.287. The lowest BCUT2D eigenvalue weighted by molar-refractivity contribution is -0.673. The monoisotopic (exact) mass is 340 g/mol. The van der Waals surface area contributed by atoms with Crippen molar-refractivity contribution < 1.29 is 14.2 Å². The van der Waals surface area contributed by atoms with Crippen LogP contribution in [0.15, 0.2) is 48.8 Å². The molecule has 1 heterocycles. The fourth-order valence-corrected chi connectivity index (χ4v) is 2.93. The Kier molecular flexibility index (Phi) is 5.09. The third kappa shape index (κ3) is 3.85. The molecule has 2 aromatic carbocycles. The Balaban J connectivity index is 1.91. The van der Waals surface area contributed by atoms with E-state index in [-0.39, 0.29) is 10.6 Å². The van der Waals surface area contributed by atoms with Crippen LogP contribution in [-0.4, -0.2) is 22.7 Å². The van der Waals surface area contributed by atoms with Gasteiger partial charge >= 0.3 is 0 Å². The Bertz CT molecular complexity index is 885. The number of rotatable bonds is 7. The van der Waals surface area contributed by atoms with Gasteiger partial charge in [0, 0.05) is 18.7 Å². The van der Waals surface area contributed by atoms with Gasteiger partial charge in [0.05, 0.1) is 11.5 Å². The maximum absolute atomic E-state index is 10.8. The van der Waals surface area contributed by atoms with Gasteiger partial charge in [0.15, 0.2) is 11.0 Å². The molecule has 0 unspecified atom stereocenters. The smallest absolute Gasteiger partial charge is 0.269 e. The van der Waals surface area contributed by atoms with E-state index in [1.165, 1.54) is 5.56 Å². The topological polar surface area (TPSA) is 61.2 Å². The van der Waals surface area contributed by atoms with Crippen LogP contribution in [0.2, 0.25) is 0 Å². The zero-order valence-corrected chi connectivity index (χ0v) is 14.5. The number of benzene rings is 2. The van der Waals surface area contributed by atoms with Gasteiger partial charge in [-0.1, -0.05) is 6.07 Å². The Morgan fingerprint density at radius 2 is 1.96 bits per heavy atom. The van der Waals surface area contributed by atoms with Crippen LogP contribution in [0.5, 0.6) is 0 Å². The summed E-state index contributed by atoms with van der Waals surface area (Å²) in [5, 5.41) is 10.8. The van der Waals surface area contributed by atoms with Crippen LogP contribution in [0.4, 0.5) is 5.69 Å². The maximum Gasteiger partial charge on any atom is 0.269 e. The standard InChI is InChI=1S/C19H22N3O3/c1-3-25-11-10-20-14-21(19-12-15(2)4-9-18(19)20)13-16-5-7-17(8-6-16)22(23)24/h4-9,12,14H,3,10-11,13H2,1-2H3/q+1. The van der Waals surface area contributed by atoms with Crippen molar-refractivity contribution in [2.75, 3.05) is 13.2 Å². The number of nitrogens with zero attached hydrogens (tertiary/aromatic N) is 3. The van der Waals surface area contributed by atoms with E-state index in [9.17, 15) is 10.1 Å². The number of nitro groups is 1. The molecule has 0 aliphatic carbocycles. The van der Waals surface area contributed by atoms with E-state index >= 15 is 0 Å². The average molecular weight is 340 g/mol. The second-order valence-corrected chi connectivity index (χ2v) is 6.05. The third-order valence-electron chi connectivity index (χ3n) is 4.21. The molecule has 0 spiro atoms. The van der Waals surface area contributed by atoms with Gasteiger partial charge in [-0.05, 0) is 49.2 Å². The van der Waals surface area contributed by atoms with E-state index in [1.54, 1.807) is 12.1 Å². The van der Waals surface area contributed by atoms with Crippen molar-refractivity contribution in [2.24, 2.45) is 0 Å². The fraction of sp³-hybridized carbons (Fsp3) is 0.316. The molecule has 0 fully saturated rings. The second-order valence-electron chi connectivity index (χ2n) is 6.05. The molecule has 0 bridgehead atoms. The minimum Gasteiger partial charge on any atom is -0.378 e. The molecule has 0 atom stereocenters. The Hall–Kier alpha value is -2.73. The first kappa shape index (κ1) is 17.1. The number of hydrogen-bond donors (Lipinski definition) is 0. The molecule has 0 saturated carbocycles. The second kappa shape index (κ2) is 7.44. The predicted octanol–water partition coefficient (Wildman–Crippen LogP) is 3.23. The molecule has 0 amide bonds. The fourth-order valence-electron chi connectivity index (χ4n) is 2.93. The normalized spacial score (nSPS) is 11.1. The maximum atomic E-state index is 10.8. The van der Waals surface area contributed by atoms with Gasteiger partial charge in [0.2, 0.25) is 6.33 Å². The molecular weight excluding hydrogens is 318 g/mol. The first-order chi connectivity index (χ1) is 12.1. The molecule has 6 heteroatoms. The molecule has 0 saturated heterocycles. The summed E-state index contributed by atoms with van der Waals surface area (Å²) in [5.41, 5.74) is 4.65. The van der Waals surface area contributed by atoms with E-state index in [4.69, 9.17) is 4.74 Å². The minimum absolute atomic E-state index is 0.115. The van der Waals surface area contributed by atoms with Crippen LogP contribution in [0.25, 0.3) is 11.0 Å². The summed E-state index contributed by atoms with van der Waals surface area (Å²) in [4.78, 5) is 10.4. The van der Waals surface area contributed by atoms with Crippen LogP contribution in [0.1, 0.15) is 18.1 Å². The van der Waals surface area contributed by atoms with Gasteiger partial charge in [-0.15, -0.1) is 0 Å². The average Bonchev–Trinajstić information content (AvgIpc) is 2.92. The molecule has 6 nitrogen and oxygen atoms in total. The summed E-state index contributed by atoms with van der Waals surface area (Å²) in [6, 6.07) is 13.1. The van der Waals surface area contributed by atoms with Gasteiger partial charge in [-0.25, -0.2) is 9.13 Å². The van der Waals surface area contributed by atoms with Crippen molar-refractivity contribution in [3.63, 3.8) is 0 Å². The van der Waals surface area contributed by atoms with E-state index in [2.05, 4.69) is 40.6 Å². The molecule has 130 valence electrons.